The summed E-state index contributed by atoms with van der Waals surface area (Å²) in [6, 6.07) is 4.46. The van der Waals surface area contributed by atoms with Gasteiger partial charge >= 0.3 is 0 Å². The van der Waals surface area contributed by atoms with Crippen molar-refractivity contribution in [2.75, 3.05) is 6.54 Å². The Labute approximate surface area is 112 Å². The van der Waals surface area contributed by atoms with Gasteiger partial charge in [0.2, 0.25) is 11.7 Å². The number of aryl methyl sites for hydroxylation is 1. The van der Waals surface area contributed by atoms with Crippen LogP contribution in [0.2, 0.25) is 0 Å². The molecule has 5 nitrogen and oxygen atoms in total. The van der Waals surface area contributed by atoms with Crippen LogP contribution >= 0.6 is 0 Å². The molecule has 0 amide bonds. The fourth-order valence-corrected chi connectivity index (χ4v) is 2.50. The van der Waals surface area contributed by atoms with Crippen molar-refractivity contribution in [3.63, 3.8) is 0 Å². The third kappa shape index (κ3) is 2.66. The smallest absolute Gasteiger partial charge is 0.228 e. The van der Waals surface area contributed by atoms with Crippen molar-refractivity contribution in [1.29, 1.82) is 0 Å². The van der Waals surface area contributed by atoms with Gasteiger partial charge in [-0.15, -0.1) is 0 Å². The second kappa shape index (κ2) is 5.48. The molecule has 1 fully saturated rings. The summed E-state index contributed by atoms with van der Waals surface area (Å²) in [6.45, 7) is 3.19. The van der Waals surface area contributed by atoms with E-state index < -0.39 is 0 Å². The van der Waals surface area contributed by atoms with Gasteiger partial charge in [-0.05, 0) is 37.4 Å². The summed E-state index contributed by atoms with van der Waals surface area (Å²) in [5.41, 5.74) is 1.98. The molecule has 3 heterocycles. The molecule has 19 heavy (non-hydrogen) atoms. The Hall–Kier alpha value is -1.75. The summed E-state index contributed by atoms with van der Waals surface area (Å²) >= 11 is 0. The summed E-state index contributed by atoms with van der Waals surface area (Å²) < 4.78 is 5.34. The van der Waals surface area contributed by atoms with Crippen LogP contribution in [0.3, 0.4) is 0 Å². The topological polar surface area (TPSA) is 63.8 Å². The predicted molar refractivity (Wildman–Crippen MR) is 71.6 cm³/mol. The maximum atomic E-state index is 5.34. The van der Waals surface area contributed by atoms with Crippen LogP contribution in [0.1, 0.15) is 31.2 Å². The highest BCUT2D eigenvalue weighted by atomic mass is 16.5. The SMILES string of the molecule is CCc1cccnc1-c1noc(CC2CCCN2)n1. The zero-order valence-electron chi connectivity index (χ0n) is 11.1. The summed E-state index contributed by atoms with van der Waals surface area (Å²) in [5.74, 6) is 1.30. The number of aromatic nitrogens is 3. The minimum Gasteiger partial charge on any atom is -0.339 e. The molecule has 0 spiro atoms. The lowest BCUT2D eigenvalue weighted by atomic mass is 10.1. The molecule has 1 atom stereocenters. The molecule has 2 aromatic heterocycles. The molecule has 0 bridgehead atoms. The van der Waals surface area contributed by atoms with Gasteiger partial charge in [0, 0.05) is 18.7 Å². The molecule has 1 saturated heterocycles. The van der Waals surface area contributed by atoms with E-state index in [0.717, 1.165) is 30.6 Å². The molecule has 1 aliphatic rings. The van der Waals surface area contributed by atoms with Crippen molar-refractivity contribution in [3.8, 4) is 11.5 Å². The molecule has 5 heteroatoms. The second-order valence-electron chi connectivity index (χ2n) is 4.87. The van der Waals surface area contributed by atoms with Crippen LogP contribution < -0.4 is 5.32 Å². The van der Waals surface area contributed by atoms with E-state index in [1.807, 2.05) is 6.07 Å². The van der Waals surface area contributed by atoms with E-state index in [1.165, 1.54) is 12.8 Å². The fraction of sp³-hybridized carbons (Fsp3) is 0.500. The number of hydrogen-bond acceptors (Lipinski definition) is 5. The zero-order chi connectivity index (χ0) is 13.1. The van der Waals surface area contributed by atoms with Gasteiger partial charge in [-0.1, -0.05) is 18.1 Å². The molecule has 0 radical (unpaired) electrons. The van der Waals surface area contributed by atoms with Crippen LogP contribution in [0.25, 0.3) is 11.5 Å². The minimum atomic E-state index is 0.475. The second-order valence-corrected chi connectivity index (χ2v) is 4.87. The van der Waals surface area contributed by atoms with Crippen molar-refractivity contribution in [1.82, 2.24) is 20.4 Å². The molecule has 0 aromatic carbocycles. The molecular formula is C14H18N4O. The maximum Gasteiger partial charge on any atom is 0.228 e. The van der Waals surface area contributed by atoms with Crippen molar-refractivity contribution < 1.29 is 4.52 Å². The Morgan fingerprint density at radius 2 is 2.42 bits per heavy atom. The highest BCUT2D eigenvalue weighted by Gasteiger charge is 2.19. The first kappa shape index (κ1) is 12.3. The van der Waals surface area contributed by atoms with Crippen LogP contribution in [0.15, 0.2) is 22.9 Å². The van der Waals surface area contributed by atoms with Crippen molar-refractivity contribution >= 4 is 0 Å². The number of nitrogens with one attached hydrogen (secondary N) is 1. The third-order valence-corrected chi connectivity index (χ3v) is 3.54. The van der Waals surface area contributed by atoms with E-state index in [0.29, 0.717) is 17.8 Å². The maximum absolute atomic E-state index is 5.34. The number of pyridine rings is 1. The van der Waals surface area contributed by atoms with Gasteiger partial charge in [0.05, 0.1) is 0 Å². The molecular weight excluding hydrogens is 240 g/mol. The van der Waals surface area contributed by atoms with E-state index >= 15 is 0 Å². The first-order chi connectivity index (χ1) is 9.36. The predicted octanol–water partition coefficient (Wildman–Crippen LogP) is 1.99. The van der Waals surface area contributed by atoms with Crippen LogP contribution in [-0.4, -0.2) is 27.7 Å². The van der Waals surface area contributed by atoms with Crippen LogP contribution in [0.5, 0.6) is 0 Å². The Kier molecular flexibility index (Phi) is 3.55. The van der Waals surface area contributed by atoms with E-state index in [9.17, 15) is 0 Å². The van der Waals surface area contributed by atoms with Gasteiger partial charge < -0.3 is 9.84 Å². The molecule has 0 saturated carbocycles. The Bertz CT molecular complexity index is 546. The molecule has 100 valence electrons. The van der Waals surface area contributed by atoms with E-state index in [2.05, 4.69) is 33.4 Å². The molecule has 1 N–H and O–H groups in total. The summed E-state index contributed by atoms with van der Waals surface area (Å²) in [6.07, 6.45) is 5.90. The normalized spacial score (nSPS) is 18.9. The number of hydrogen-bond donors (Lipinski definition) is 1. The molecule has 2 aromatic rings. The van der Waals surface area contributed by atoms with Gasteiger partial charge in [-0.2, -0.15) is 4.98 Å². The highest BCUT2D eigenvalue weighted by Crippen LogP contribution is 2.19. The lowest BCUT2D eigenvalue weighted by Crippen LogP contribution is -2.23. The van der Waals surface area contributed by atoms with Crippen molar-refractivity contribution in [2.45, 2.75) is 38.6 Å². The fourth-order valence-electron chi connectivity index (χ4n) is 2.50. The zero-order valence-corrected chi connectivity index (χ0v) is 11.1. The van der Waals surface area contributed by atoms with Crippen LogP contribution in [0, 0.1) is 0 Å². The number of rotatable bonds is 4. The molecule has 3 rings (SSSR count). The van der Waals surface area contributed by atoms with Gasteiger partial charge in [-0.25, -0.2) is 0 Å². The highest BCUT2D eigenvalue weighted by molar-refractivity contribution is 5.53. The van der Waals surface area contributed by atoms with Crippen molar-refractivity contribution in [3.05, 3.63) is 29.8 Å². The van der Waals surface area contributed by atoms with Gasteiger partial charge in [0.15, 0.2) is 0 Å². The monoisotopic (exact) mass is 258 g/mol. The van der Waals surface area contributed by atoms with E-state index in [4.69, 9.17) is 4.52 Å². The Balaban J connectivity index is 1.80. The van der Waals surface area contributed by atoms with Gasteiger partial charge in [0.1, 0.15) is 5.69 Å². The Morgan fingerprint density at radius 1 is 1.47 bits per heavy atom. The van der Waals surface area contributed by atoms with Gasteiger partial charge in [0.25, 0.3) is 0 Å². The lowest BCUT2D eigenvalue weighted by Gasteiger charge is -2.04. The van der Waals surface area contributed by atoms with E-state index in [-0.39, 0.29) is 0 Å². The van der Waals surface area contributed by atoms with Gasteiger partial charge in [-0.3, -0.25) is 4.98 Å². The quantitative estimate of drug-likeness (QED) is 0.908. The summed E-state index contributed by atoms with van der Waals surface area (Å²) in [7, 11) is 0. The third-order valence-electron chi connectivity index (χ3n) is 3.54. The minimum absolute atomic E-state index is 0.475. The molecule has 1 aliphatic heterocycles. The lowest BCUT2D eigenvalue weighted by molar-refractivity contribution is 0.364. The summed E-state index contributed by atoms with van der Waals surface area (Å²) in [4.78, 5) is 8.84. The number of nitrogens with zero attached hydrogens (tertiary/aromatic N) is 3. The molecule has 0 aliphatic carbocycles. The van der Waals surface area contributed by atoms with Crippen LogP contribution in [0.4, 0.5) is 0 Å². The Morgan fingerprint density at radius 3 is 3.21 bits per heavy atom. The van der Waals surface area contributed by atoms with E-state index in [1.54, 1.807) is 6.20 Å². The average Bonchev–Trinajstić information content (AvgIpc) is 3.11. The summed E-state index contributed by atoms with van der Waals surface area (Å²) in [5, 5.41) is 7.49. The van der Waals surface area contributed by atoms with Crippen molar-refractivity contribution in [2.24, 2.45) is 0 Å². The molecule has 1 unspecified atom stereocenters. The first-order valence-electron chi connectivity index (χ1n) is 6.87. The standard InChI is InChI=1S/C14H18N4O/c1-2-10-5-3-8-16-13(10)14-17-12(19-18-14)9-11-6-4-7-15-11/h3,5,8,11,15H,2,4,6-7,9H2,1H3. The van der Waals surface area contributed by atoms with Crippen LogP contribution in [-0.2, 0) is 12.8 Å². The average molecular weight is 258 g/mol. The first-order valence-corrected chi connectivity index (χ1v) is 6.87. The largest absolute Gasteiger partial charge is 0.339 e.